The van der Waals surface area contributed by atoms with Crippen molar-refractivity contribution in [2.75, 3.05) is 11.9 Å². The van der Waals surface area contributed by atoms with Crippen molar-refractivity contribution in [2.24, 2.45) is 5.10 Å². The van der Waals surface area contributed by atoms with E-state index in [-0.39, 0.29) is 5.97 Å². The van der Waals surface area contributed by atoms with Gasteiger partial charge < -0.3 is 14.5 Å². The summed E-state index contributed by atoms with van der Waals surface area (Å²) in [4.78, 5) is 23.7. The summed E-state index contributed by atoms with van der Waals surface area (Å²) in [6.07, 6.45) is 1.41. The fourth-order valence-electron chi connectivity index (χ4n) is 2.60. The number of rotatable bonds is 6. The molecule has 3 aromatic rings. The summed E-state index contributed by atoms with van der Waals surface area (Å²) in [5.41, 5.74) is 5.34. The fraction of sp³-hybridized carbons (Fsp3) is 0.136. The number of halogens is 1. The van der Waals surface area contributed by atoms with Crippen molar-refractivity contribution in [2.45, 2.75) is 13.8 Å². The summed E-state index contributed by atoms with van der Waals surface area (Å²) in [6, 6.07) is 15.5. The number of amides is 2. The Bertz CT molecular complexity index is 1070. The number of furan rings is 1. The molecule has 0 fully saturated rings. The molecular weight excluding hydrogens is 450 g/mol. The second-order valence-electron chi connectivity index (χ2n) is 6.29. The molecule has 2 amide bonds. The zero-order chi connectivity index (χ0) is 21.5. The average Bonchev–Trinajstić information content (AvgIpc) is 3.20. The lowest BCUT2D eigenvalue weighted by atomic mass is 10.1. The highest BCUT2D eigenvalue weighted by atomic mass is 79.9. The van der Waals surface area contributed by atoms with E-state index in [9.17, 15) is 9.59 Å². The average molecular weight is 470 g/mol. The van der Waals surface area contributed by atoms with Crippen molar-refractivity contribution in [3.8, 4) is 11.3 Å². The third-order valence-electron chi connectivity index (χ3n) is 4.08. The summed E-state index contributed by atoms with van der Waals surface area (Å²) in [5.74, 6) is 0.722. The van der Waals surface area contributed by atoms with Crippen LogP contribution in [0, 0.1) is 6.92 Å². The van der Waals surface area contributed by atoms with Crippen LogP contribution in [0.15, 0.2) is 68.6 Å². The van der Waals surface area contributed by atoms with Crippen molar-refractivity contribution in [3.63, 3.8) is 0 Å². The lowest BCUT2D eigenvalue weighted by Crippen LogP contribution is -2.24. The van der Waals surface area contributed by atoms with Crippen LogP contribution in [-0.4, -0.2) is 24.8 Å². The van der Waals surface area contributed by atoms with Gasteiger partial charge in [-0.05, 0) is 61.9 Å². The summed E-state index contributed by atoms with van der Waals surface area (Å²) in [7, 11) is 0. The number of nitrogens with zero attached hydrogens (tertiary/aromatic N) is 1. The molecule has 0 radical (unpaired) electrons. The van der Waals surface area contributed by atoms with Gasteiger partial charge in [-0.2, -0.15) is 5.10 Å². The minimum absolute atomic E-state index is 0.330. The highest BCUT2D eigenvalue weighted by molar-refractivity contribution is 9.10. The van der Waals surface area contributed by atoms with Gasteiger partial charge in [0.05, 0.1) is 18.4 Å². The molecule has 8 heteroatoms. The molecule has 0 spiro atoms. The van der Waals surface area contributed by atoms with Crippen LogP contribution in [0.25, 0.3) is 11.3 Å². The smallest absolute Gasteiger partial charge is 0.339 e. The van der Waals surface area contributed by atoms with E-state index in [1.165, 1.54) is 6.21 Å². The van der Waals surface area contributed by atoms with Crippen LogP contribution in [0.5, 0.6) is 0 Å². The van der Waals surface area contributed by atoms with Crippen molar-refractivity contribution in [1.29, 1.82) is 0 Å². The Hall–Kier alpha value is -3.39. The molecule has 2 aromatic carbocycles. The van der Waals surface area contributed by atoms with Crippen LogP contribution in [0.3, 0.4) is 0 Å². The molecule has 0 bridgehead atoms. The van der Waals surface area contributed by atoms with E-state index in [2.05, 4.69) is 31.8 Å². The second kappa shape index (κ2) is 9.89. The summed E-state index contributed by atoms with van der Waals surface area (Å²) in [5, 5.41) is 6.59. The summed E-state index contributed by atoms with van der Waals surface area (Å²) >= 11 is 3.42. The summed E-state index contributed by atoms with van der Waals surface area (Å²) in [6.45, 7) is 4.03. The van der Waals surface area contributed by atoms with Crippen LogP contribution < -0.4 is 10.7 Å². The van der Waals surface area contributed by atoms with Crippen LogP contribution >= 0.6 is 15.9 Å². The molecule has 1 heterocycles. The Labute approximate surface area is 182 Å². The number of hydrogen-bond acceptors (Lipinski definition) is 5. The van der Waals surface area contributed by atoms with Crippen molar-refractivity contribution < 1.29 is 18.7 Å². The zero-order valence-corrected chi connectivity index (χ0v) is 18.0. The summed E-state index contributed by atoms with van der Waals surface area (Å²) < 4.78 is 11.6. The first-order chi connectivity index (χ1) is 14.5. The Balaban J connectivity index is 1.57. The number of urea groups is 1. The second-order valence-corrected chi connectivity index (χ2v) is 7.14. The largest absolute Gasteiger partial charge is 0.462 e. The number of esters is 1. The number of carbonyl (C=O) groups is 2. The first-order valence-corrected chi connectivity index (χ1v) is 9.99. The van der Waals surface area contributed by atoms with Crippen LogP contribution in [-0.2, 0) is 4.74 Å². The van der Waals surface area contributed by atoms with Gasteiger partial charge in [-0.1, -0.05) is 28.1 Å². The number of ether oxygens (including phenoxy) is 1. The Morgan fingerprint density at radius 1 is 1.13 bits per heavy atom. The van der Waals surface area contributed by atoms with E-state index < -0.39 is 6.03 Å². The Kier molecular flexibility index (Phi) is 7.03. The van der Waals surface area contributed by atoms with Crippen molar-refractivity contribution >= 4 is 39.8 Å². The molecule has 2 N–H and O–H groups in total. The molecule has 0 aliphatic rings. The van der Waals surface area contributed by atoms with Gasteiger partial charge in [-0.15, -0.1) is 0 Å². The molecule has 30 heavy (non-hydrogen) atoms. The van der Waals surface area contributed by atoms with Crippen LogP contribution in [0.2, 0.25) is 0 Å². The lowest BCUT2D eigenvalue weighted by Gasteiger charge is -2.06. The van der Waals surface area contributed by atoms with Crippen molar-refractivity contribution in [1.82, 2.24) is 5.43 Å². The van der Waals surface area contributed by atoms with Gasteiger partial charge in [0.2, 0.25) is 0 Å². The molecule has 0 atom stereocenters. The van der Waals surface area contributed by atoms with Gasteiger partial charge in [-0.3, -0.25) is 0 Å². The molecule has 0 unspecified atom stereocenters. The van der Waals surface area contributed by atoms with E-state index in [4.69, 9.17) is 9.15 Å². The van der Waals surface area contributed by atoms with E-state index >= 15 is 0 Å². The number of aryl methyl sites for hydroxylation is 1. The number of anilines is 1. The molecule has 3 rings (SSSR count). The minimum Gasteiger partial charge on any atom is -0.462 e. The van der Waals surface area contributed by atoms with Gasteiger partial charge in [0, 0.05) is 15.7 Å². The molecule has 0 aliphatic heterocycles. The maximum Gasteiger partial charge on any atom is 0.339 e. The molecule has 0 aliphatic carbocycles. The molecule has 1 aromatic heterocycles. The van der Waals surface area contributed by atoms with E-state index in [0.717, 1.165) is 15.6 Å². The fourth-order valence-corrected chi connectivity index (χ4v) is 2.85. The molecule has 154 valence electrons. The highest BCUT2D eigenvalue weighted by Crippen LogP contribution is 2.22. The molecule has 0 saturated heterocycles. The quantitative estimate of drug-likeness (QED) is 0.289. The molecule has 0 saturated carbocycles. The Morgan fingerprint density at radius 3 is 2.60 bits per heavy atom. The van der Waals surface area contributed by atoms with Gasteiger partial charge in [0.25, 0.3) is 0 Å². The zero-order valence-electron chi connectivity index (χ0n) is 16.4. The lowest BCUT2D eigenvalue weighted by molar-refractivity contribution is 0.0526. The predicted molar refractivity (Wildman–Crippen MR) is 119 cm³/mol. The van der Waals surface area contributed by atoms with Crippen LogP contribution in [0.4, 0.5) is 10.5 Å². The number of hydrogen-bond donors (Lipinski definition) is 2. The number of hydrazone groups is 1. The van der Waals surface area contributed by atoms with Crippen molar-refractivity contribution in [3.05, 3.63) is 76.0 Å². The first-order valence-electron chi connectivity index (χ1n) is 9.20. The SMILES string of the molecule is CCOC(=O)c1ccc(-c2ccc(/C=N/NC(=O)Nc3ccc(Br)c(C)c3)o2)cc1. The van der Waals surface area contributed by atoms with E-state index in [1.54, 1.807) is 49.4 Å². The Morgan fingerprint density at radius 2 is 1.90 bits per heavy atom. The normalized spacial score (nSPS) is 10.8. The standard InChI is InChI=1S/C22H20BrN3O4/c1-3-29-21(27)16-6-4-15(5-7-16)20-11-9-18(30-20)13-24-26-22(28)25-17-8-10-19(23)14(2)12-17/h4-13H,3H2,1-2H3,(H2,25,26,28)/b24-13+. The number of nitrogens with one attached hydrogen (secondary N) is 2. The first kappa shape index (κ1) is 21.3. The highest BCUT2D eigenvalue weighted by Gasteiger charge is 2.08. The van der Waals surface area contributed by atoms with Gasteiger partial charge in [0.1, 0.15) is 11.5 Å². The number of carbonyl (C=O) groups excluding carboxylic acids is 2. The number of benzene rings is 2. The monoisotopic (exact) mass is 469 g/mol. The minimum atomic E-state index is -0.464. The van der Waals surface area contributed by atoms with E-state index in [0.29, 0.717) is 29.4 Å². The van der Waals surface area contributed by atoms with Crippen LogP contribution in [0.1, 0.15) is 28.6 Å². The molecule has 7 nitrogen and oxygen atoms in total. The van der Waals surface area contributed by atoms with Gasteiger partial charge >= 0.3 is 12.0 Å². The van der Waals surface area contributed by atoms with Gasteiger partial charge in [0.15, 0.2) is 0 Å². The topological polar surface area (TPSA) is 92.9 Å². The third kappa shape index (κ3) is 5.57. The van der Waals surface area contributed by atoms with E-state index in [1.807, 2.05) is 19.1 Å². The molecular formula is C22H20BrN3O4. The maximum atomic E-state index is 11.9. The predicted octanol–water partition coefficient (Wildman–Crippen LogP) is 5.35. The third-order valence-corrected chi connectivity index (χ3v) is 4.97. The maximum absolute atomic E-state index is 11.9. The van der Waals surface area contributed by atoms with Gasteiger partial charge in [-0.25, -0.2) is 15.0 Å².